The summed E-state index contributed by atoms with van der Waals surface area (Å²) in [5, 5.41) is 28.2. The van der Waals surface area contributed by atoms with E-state index in [9.17, 15) is 28.8 Å². The first-order valence-corrected chi connectivity index (χ1v) is 15.3. The van der Waals surface area contributed by atoms with Gasteiger partial charge < -0.3 is 36.9 Å². The number of aryl methyl sites for hydroxylation is 1. The average Bonchev–Trinajstić information content (AvgIpc) is 3.30. The second kappa shape index (κ2) is 16.8. The number of carboxylic acid groups (broad SMARTS) is 2. The highest BCUT2D eigenvalue weighted by Crippen LogP contribution is 2.22. The molecule has 0 unspecified atom stereocenters. The van der Waals surface area contributed by atoms with Gasteiger partial charge in [0.25, 0.3) is 5.91 Å². The third-order valence-corrected chi connectivity index (χ3v) is 7.59. The number of nitrogens with zero attached hydrogens (tertiary/aromatic N) is 1. The lowest BCUT2D eigenvalue weighted by Gasteiger charge is -2.18. The van der Waals surface area contributed by atoms with E-state index in [4.69, 9.17) is 27.5 Å². The van der Waals surface area contributed by atoms with Gasteiger partial charge in [0.1, 0.15) is 18.6 Å². The zero-order valence-electron chi connectivity index (χ0n) is 25.3. The minimum atomic E-state index is -1.27. The molecule has 15 nitrogen and oxygen atoms in total. The van der Waals surface area contributed by atoms with Gasteiger partial charge in [0.15, 0.2) is 0 Å². The summed E-state index contributed by atoms with van der Waals surface area (Å²) in [6, 6.07) is 2.47. The lowest BCUT2D eigenvalue weighted by molar-refractivity contribution is -0.139. The van der Waals surface area contributed by atoms with E-state index in [2.05, 4.69) is 31.2 Å². The van der Waals surface area contributed by atoms with Crippen LogP contribution < -0.4 is 27.0 Å². The fourth-order valence-corrected chi connectivity index (χ4v) is 4.86. The number of carboxylic acids is 2. The van der Waals surface area contributed by atoms with Crippen molar-refractivity contribution >= 4 is 64.9 Å². The Kier molecular flexibility index (Phi) is 13.8. The quantitative estimate of drug-likeness (QED) is 0.127. The molecule has 1 aromatic carbocycles. The molecule has 0 fully saturated rings. The summed E-state index contributed by atoms with van der Waals surface area (Å²) in [4.78, 5) is 79.2. The number of imidazole rings is 1. The largest absolute Gasteiger partial charge is 0.480 e. The topological polar surface area (TPSA) is 246 Å². The molecule has 4 amide bonds. The third-order valence-electron chi connectivity index (χ3n) is 6.22. The molecule has 0 aliphatic carbocycles. The van der Waals surface area contributed by atoms with E-state index in [0.717, 1.165) is 0 Å². The van der Waals surface area contributed by atoms with Crippen molar-refractivity contribution in [2.24, 2.45) is 11.1 Å². The molecule has 2 atom stereocenters. The number of benzene rings is 1. The molecule has 0 spiro atoms. The molecular weight excluding hydrogens is 630 g/mol. The number of thioether (sulfide) groups is 1. The number of aromatic amines is 1. The van der Waals surface area contributed by atoms with Crippen LogP contribution in [0.4, 0.5) is 5.95 Å². The molecule has 17 heteroatoms. The van der Waals surface area contributed by atoms with Gasteiger partial charge in [-0.05, 0) is 31.0 Å². The van der Waals surface area contributed by atoms with E-state index >= 15 is 0 Å². The highest BCUT2D eigenvalue weighted by atomic mass is 35.5. The molecule has 2 aromatic rings. The minimum Gasteiger partial charge on any atom is -0.480 e. The number of carbonyl (C=O) groups is 6. The number of anilines is 1. The Morgan fingerprint density at radius 1 is 1.11 bits per heavy atom. The van der Waals surface area contributed by atoms with Gasteiger partial charge in [-0.15, -0.1) is 0 Å². The Morgan fingerprint density at radius 2 is 1.80 bits per heavy atom. The van der Waals surface area contributed by atoms with Gasteiger partial charge >= 0.3 is 11.9 Å². The van der Waals surface area contributed by atoms with E-state index in [0.29, 0.717) is 17.0 Å². The number of hydrogen-bond donors (Lipinski definition) is 8. The van der Waals surface area contributed by atoms with Gasteiger partial charge in [-0.25, -0.2) is 4.98 Å². The summed E-state index contributed by atoms with van der Waals surface area (Å²) in [6.45, 7) is 6.66. The van der Waals surface area contributed by atoms with Crippen LogP contribution in [0, 0.1) is 12.3 Å². The van der Waals surface area contributed by atoms with Gasteiger partial charge in [0.2, 0.25) is 23.7 Å². The maximum atomic E-state index is 13.0. The van der Waals surface area contributed by atoms with Crippen molar-refractivity contribution in [2.75, 3.05) is 17.6 Å². The zero-order chi connectivity index (χ0) is 33.9. The second-order valence-corrected chi connectivity index (χ2v) is 12.5. The molecule has 0 saturated heterocycles. The van der Waals surface area contributed by atoms with Crippen molar-refractivity contribution in [3.8, 4) is 0 Å². The van der Waals surface area contributed by atoms with Crippen molar-refractivity contribution < 1.29 is 39.0 Å². The van der Waals surface area contributed by atoms with Gasteiger partial charge in [-0.3, -0.25) is 34.1 Å². The third kappa shape index (κ3) is 12.4. The van der Waals surface area contributed by atoms with Crippen LogP contribution in [-0.4, -0.2) is 80.1 Å². The second-order valence-electron chi connectivity index (χ2n) is 11.1. The molecule has 9 N–H and O–H groups in total. The Balaban J connectivity index is 2.03. The molecule has 0 aliphatic heterocycles. The zero-order valence-corrected chi connectivity index (χ0v) is 26.9. The standard InChI is InChI=1S/C28H38ClN7O8S/c1-14-19(12-45-13-20(24(41)31-11-22(38)39)34-21(37)8-7-18(30)25(42)43)35-27(33-14)36-23(40)16-9-15(5-6-17(16)29)10-32-26(44)28(2,3)4/h5-6,9,18,20H,7-8,10-13,30H2,1-4H3,(H,31,41)(H,32,44)(H,34,37)(H,38,39)(H,42,43)(H2,33,35,36,40)/t18-,20-/m0/s1. The van der Waals surface area contributed by atoms with Crippen LogP contribution >= 0.6 is 23.4 Å². The minimum absolute atomic E-state index is 0.0321. The highest BCUT2D eigenvalue weighted by molar-refractivity contribution is 7.98. The molecule has 1 heterocycles. The van der Waals surface area contributed by atoms with Crippen LogP contribution in [0.15, 0.2) is 18.2 Å². The van der Waals surface area contributed by atoms with Gasteiger partial charge in [-0.2, -0.15) is 11.8 Å². The van der Waals surface area contributed by atoms with Crippen molar-refractivity contribution in [1.29, 1.82) is 0 Å². The number of nitrogens with one attached hydrogen (secondary N) is 5. The summed E-state index contributed by atoms with van der Waals surface area (Å²) >= 11 is 7.48. The molecule has 0 radical (unpaired) electrons. The van der Waals surface area contributed by atoms with Crippen molar-refractivity contribution in [3.63, 3.8) is 0 Å². The monoisotopic (exact) mass is 667 g/mol. The lowest BCUT2D eigenvalue weighted by atomic mass is 9.95. The smallest absolute Gasteiger partial charge is 0.322 e. The average molecular weight is 668 g/mol. The number of nitrogens with two attached hydrogens (primary N) is 1. The van der Waals surface area contributed by atoms with E-state index in [-0.39, 0.29) is 53.3 Å². The molecule has 45 heavy (non-hydrogen) atoms. The molecule has 1 aromatic heterocycles. The Labute approximate surface area is 268 Å². The van der Waals surface area contributed by atoms with Crippen molar-refractivity contribution in [2.45, 2.75) is 64.9 Å². The molecule has 246 valence electrons. The summed E-state index contributed by atoms with van der Waals surface area (Å²) in [7, 11) is 0. The number of H-pyrrole nitrogens is 1. The maximum absolute atomic E-state index is 13.0. The number of aliphatic carboxylic acids is 2. The van der Waals surface area contributed by atoms with Gasteiger partial charge in [0.05, 0.1) is 16.3 Å². The molecule has 0 aliphatic rings. The summed E-state index contributed by atoms with van der Waals surface area (Å²) in [5.41, 5.74) is 6.88. The maximum Gasteiger partial charge on any atom is 0.322 e. The van der Waals surface area contributed by atoms with Crippen molar-refractivity contribution in [1.82, 2.24) is 25.9 Å². The normalized spacial score (nSPS) is 12.5. The van der Waals surface area contributed by atoms with Crippen LogP contribution in [0.2, 0.25) is 5.02 Å². The fraction of sp³-hybridized carbons (Fsp3) is 0.464. The van der Waals surface area contributed by atoms with Crippen LogP contribution in [0.1, 0.15) is 60.9 Å². The predicted molar refractivity (Wildman–Crippen MR) is 168 cm³/mol. The lowest BCUT2D eigenvalue weighted by Crippen LogP contribution is -2.49. The predicted octanol–water partition coefficient (Wildman–Crippen LogP) is 1.40. The summed E-state index contributed by atoms with van der Waals surface area (Å²) in [6.07, 6.45) is -0.400. The molecule has 2 rings (SSSR count). The van der Waals surface area contributed by atoms with Crippen LogP contribution in [0.3, 0.4) is 0 Å². The number of halogens is 1. The Bertz CT molecular complexity index is 1430. The first-order valence-electron chi connectivity index (χ1n) is 13.8. The van der Waals surface area contributed by atoms with E-state index < -0.39 is 53.7 Å². The van der Waals surface area contributed by atoms with Gasteiger partial charge in [-0.1, -0.05) is 38.4 Å². The molecular formula is C28H38ClN7O8S. The van der Waals surface area contributed by atoms with E-state index in [1.54, 1.807) is 45.9 Å². The van der Waals surface area contributed by atoms with Crippen LogP contribution in [0.5, 0.6) is 0 Å². The van der Waals surface area contributed by atoms with E-state index in [1.165, 1.54) is 11.8 Å². The number of aromatic nitrogens is 2. The first kappa shape index (κ1) is 37.0. The number of rotatable bonds is 16. The van der Waals surface area contributed by atoms with Gasteiger partial charge in [0, 0.05) is 35.6 Å². The summed E-state index contributed by atoms with van der Waals surface area (Å²) in [5.74, 6) is -4.13. The number of carbonyl (C=O) groups excluding carboxylic acids is 4. The highest BCUT2D eigenvalue weighted by Gasteiger charge is 2.24. The number of amides is 4. The van der Waals surface area contributed by atoms with Crippen LogP contribution in [-0.2, 0) is 36.3 Å². The Hall–Kier alpha value is -4.15. The Morgan fingerprint density at radius 3 is 2.42 bits per heavy atom. The SMILES string of the molecule is Cc1[nH]c(NC(=O)c2cc(CNC(=O)C(C)(C)C)ccc2Cl)nc1CSC[C@H](NC(=O)CC[C@H](N)C(=O)O)C(=O)NCC(=O)O. The number of hydrogen-bond acceptors (Lipinski definition) is 9. The fourth-order valence-electron chi connectivity index (χ4n) is 3.59. The first-order chi connectivity index (χ1) is 21.0. The van der Waals surface area contributed by atoms with E-state index in [1.807, 2.05) is 0 Å². The molecule has 0 saturated carbocycles. The van der Waals surface area contributed by atoms with Crippen LogP contribution in [0.25, 0.3) is 0 Å². The summed E-state index contributed by atoms with van der Waals surface area (Å²) < 4.78 is 0. The van der Waals surface area contributed by atoms with Crippen molar-refractivity contribution in [3.05, 3.63) is 45.7 Å². The molecule has 0 bridgehead atoms.